The van der Waals surface area contributed by atoms with E-state index < -0.39 is 0 Å². The highest BCUT2D eigenvalue weighted by molar-refractivity contribution is 5.69. The van der Waals surface area contributed by atoms with E-state index in [-0.39, 0.29) is 11.5 Å². The molecule has 2 aliphatic heterocycles. The third-order valence-corrected chi connectivity index (χ3v) is 4.42. The van der Waals surface area contributed by atoms with E-state index in [4.69, 9.17) is 4.74 Å². The van der Waals surface area contributed by atoms with Crippen LogP contribution in [0.1, 0.15) is 24.5 Å². The molecule has 0 saturated carbocycles. The monoisotopic (exact) mass is 276 g/mol. The van der Waals surface area contributed by atoms with Gasteiger partial charge in [-0.25, -0.2) is 0 Å². The number of aromatic nitrogens is 1. The summed E-state index contributed by atoms with van der Waals surface area (Å²) in [6.07, 6.45) is 1.59. The van der Waals surface area contributed by atoms with E-state index in [1.54, 1.807) is 6.07 Å². The van der Waals surface area contributed by atoms with Gasteiger partial charge in [-0.1, -0.05) is 6.07 Å². The minimum absolute atomic E-state index is 0.111. The molecule has 1 aromatic heterocycles. The molecule has 0 N–H and O–H groups in total. The van der Waals surface area contributed by atoms with Crippen molar-refractivity contribution < 1.29 is 9.53 Å². The van der Waals surface area contributed by atoms with Crippen LogP contribution in [0.3, 0.4) is 0 Å². The summed E-state index contributed by atoms with van der Waals surface area (Å²) in [4.78, 5) is 25.5. The summed E-state index contributed by atoms with van der Waals surface area (Å²) in [7, 11) is 1.43. The normalized spacial score (nSPS) is 25.1. The molecule has 0 aromatic carbocycles. The fraction of sp³-hybridized carbons (Fsp3) is 0.600. The van der Waals surface area contributed by atoms with Crippen LogP contribution in [0, 0.1) is 5.92 Å². The number of piperidine rings is 1. The fourth-order valence-electron chi connectivity index (χ4n) is 3.53. The summed E-state index contributed by atoms with van der Waals surface area (Å²) in [6, 6.07) is 5.55. The lowest BCUT2D eigenvalue weighted by Crippen LogP contribution is -2.47. The number of hydrogen-bond donors (Lipinski definition) is 0. The molecule has 0 aliphatic carbocycles. The SMILES string of the molecule is COC(=O)CCN1C[C@@H]2C[C@H](C1)c1cccc(=O)n1C2. The van der Waals surface area contributed by atoms with Gasteiger partial charge >= 0.3 is 5.97 Å². The second-order valence-electron chi connectivity index (χ2n) is 5.78. The average Bonchev–Trinajstić information content (AvgIpc) is 2.46. The number of fused-ring (bicyclic) bond motifs is 4. The van der Waals surface area contributed by atoms with Gasteiger partial charge in [0, 0.05) is 43.9 Å². The first-order valence-electron chi connectivity index (χ1n) is 7.16. The zero-order valence-corrected chi connectivity index (χ0v) is 11.7. The number of methoxy groups -OCH3 is 1. The fourth-order valence-corrected chi connectivity index (χ4v) is 3.53. The highest BCUT2D eigenvalue weighted by atomic mass is 16.5. The first kappa shape index (κ1) is 13.4. The molecule has 3 heterocycles. The van der Waals surface area contributed by atoms with Crippen LogP contribution in [0.4, 0.5) is 0 Å². The summed E-state index contributed by atoms with van der Waals surface area (Å²) in [5.41, 5.74) is 1.26. The largest absolute Gasteiger partial charge is 0.469 e. The minimum atomic E-state index is -0.155. The van der Waals surface area contributed by atoms with Crippen molar-refractivity contribution in [2.45, 2.75) is 25.3 Å². The van der Waals surface area contributed by atoms with Crippen LogP contribution in [0.15, 0.2) is 23.0 Å². The van der Waals surface area contributed by atoms with Gasteiger partial charge in [0.15, 0.2) is 0 Å². The van der Waals surface area contributed by atoms with Crippen LogP contribution in [0.5, 0.6) is 0 Å². The van der Waals surface area contributed by atoms with Gasteiger partial charge in [0.25, 0.3) is 5.56 Å². The molecule has 0 radical (unpaired) electrons. The van der Waals surface area contributed by atoms with E-state index in [9.17, 15) is 9.59 Å². The molecule has 0 spiro atoms. The highest BCUT2D eigenvalue weighted by Gasteiger charge is 2.34. The van der Waals surface area contributed by atoms with Gasteiger partial charge in [-0.15, -0.1) is 0 Å². The summed E-state index contributed by atoms with van der Waals surface area (Å²) in [6.45, 7) is 3.45. The van der Waals surface area contributed by atoms with Gasteiger partial charge in [-0.2, -0.15) is 0 Å². The number of ether oxygens (including phenoxy) is 1. The van der Waals surface area contributed by atoms with Crippen LogP contribution in [0.2, 0.25) is 0 Å². The summed E-state index contributed by atoms with van der Waals surface area (Å²) < 4.78 is 6.62. The second kappa shape index (κ2) is 5.40. The number of carbonyl (C=O) groups is 1. The first-order chi connectivity index (χ1) is 9.67. The molecular weight excluding hydrogens is 256 g/mol. The molecule has 1 saturated heterocycles. The maximum Gasteiger partial charge on any atom is 0.306 e. The Bertz CT molecular complexity index is 566. The second-order valence-corrected chi connectivity index (χ2v) is 5.78. The Morgan fingerprint density at radius 3 is 3.00 bits per heavy atom. The number of esters is 1. The van der Waals surface area contributed by atoms with Gasteiger partial charge in [-0.05, 0) is 18.4 Å². The van der Waals surface area contributed by atoms with Gasteiger partial charge in [0.1, 0.15) is 0 Å². The van der Waals surface area contributed by atoms with E-state index in [0.29, 0.717) is 18.3 Å². The minimum Gasteiger partial charge on any atom is -0.469 e. The maximum absolute atomic E-state index is 11.9. The number of hydrogen-bond acceptors (Lipinski definition) is 4. The van der Waals surface area contributed by atoms with Crippen molar-refractivity contribution in [3.05, 3.63) is 34.2 Å². The third-order valence-electron chi connectivity index (χ3n) is 4.42. The van der Waals surface area contributed by atoms with E-state index in [0.717, 1.165) is 38.3 Å². The number of likely N-dealkylation sites (tertiary alicyclic amines) is 1. The van der Waals surface area contributed by atoms with Crippen molar-refractivity contribution >= 4 is 5.97 Å². The average molecular weight is 276 g/mol. The van der Waals surface area contributed by atoms with Crippen molar-refractivity contribution in [1.29, 1.82) is 0 Å². The van der Waals surface area contributed by atoms with Gasteiger partial charge < -0.3 is 14.2 Å². The Labute approximate surface area is 118 Å². The molecule has 0 amide bonds. The lowest BCUT2D eigenvalue weighted by atomic mass is 9.83. The molecule has 5 heteroatoms. The zero-order chi connectivity index (χ0) is 14.1. The molecule has 1 fully saturated rings. The Hall–Kier alpha value is -1.62. The number of carbonyl (C=O) groups excluding carboxylic acids is 1. The summed E-state index contributed by atoms with van der Waals surface area (Å²) in [5, 5.41) is 0. The molecule has 3 rings (SSSR count). The molecule has 20 heavy (non-hydrogen) atoms. The quantitative estimate of drug-likeness (QED) is 0.767. The maximum atomic E-state index is 11.9. The van der Waals surface area contributed by atoms with E-state index in [1.807, 2.05) is 10.6 Å². The molecule has 5 nitrogen and oxygen atoms in total. The first-order valence-corrected chi connectivity index (χ1v) is 7.16. The number of pyridine rings is 1. The summed E-state index contributed by atoms with van der Waals surface area (Å²) in [5.74, 6) is 0.769. The molecule has 1 aromatic rings. The van der Waals surface area contributed by atoms with Crippen LogP contribution in [-0.4, -0.2) is 42.2 Å². The lowest BCUT2D eigenvalue weighted by molar-refractivity contribution is -0.141. The predicted octanol–water partition coefficient (Wildman–Crippen LogP) is 0.830. The van der Waals surface area contributed by atoms with Crippen LogP contribution >= 0.6 is 0 Å². The third kappa shape index (κ3) is 2.50. The van der Waals surface area contributed by atoms with E-state index >= 15 is 0 Å². The Balaban J connectivity index is 1.74. The topological polar surface area (TPSA) is 51.5 Å². The molecule has 2 bridgehead atoms. The predicted molar refractivity (Wildman–Crippen MR) is 74.6 cm³/mol. The van der Waals surface area contributed by atoms with E-state index in [2.05, 4.69) is 11.0 Å². The van der Waals surface area contributed by atoms with Crippen molar-refractivity contribution in [3.8, 4) is 0 Å². The number of rotatable bonds is 3. The highest BCUT2D eigenvalue weighted by Crippen LogP contribution is 2.34. The van der Waals surface area contributed by atoms with Crippen molar-refractivity contribution in [2.75, 3.05) is 26.7 Å². The van der Waals surface area contributed by atoms with Crippen LogP contribution < -0.4 is 5.56 Å². The molecule has 0 unspecified atom stereocenters. The molecule has 2 aliphatic rings. The Kier molecular flexibility index (Phi) is 3.61. The zero-order valence-electron chi connectivity index (χ0n) is 11.7. The van der Waals surface area contributed by atoms with Crippen molar-refractivity contribution in [2.24, 2.45) is 5.92 Å². The van der Waals surface area contributed by atoms with Crippen LogP contribution in [-0.2, 0) is 16.1 Å². The Morgan fingerprint density at radius 2 is 2.20 bits per heavy atom. The van der Waals surface area contributed by atoms with Gasteiger partial charge in [0.05, 0.1) is 13.5 Å². The molecule has 108 valence electrons. The smallest absolute Gasteiger partial charge is 0.306 e. The molecular formula is C15H20N2O3. The standard InChI is InChI=1S/C15H20N2O3/c1-20-15(19)5-6-16-8-11-7-12(10-16)13-3-2-4-14(18)17(13)9-11/h2-4,11-12H,5-10H2,1H3/t11-,12+/m0/s1. The van der Waals surface area contributed by atoms with Gasteiger partial charge in [-0.3, -0.25) is 9.59 Å². The lowest BCUT2D eigenvalue weighted by Gasteiger charge is -2.42. The summed E-state index contributed by atoms with van der Waals surface area (Å²) >= 11 is 0. The number of nitrogens with zero attached hydrogens (tertiary/aromatic N) is 2. The van der Waals surface area contributed by atoms with Crippen molar-refractivity contribution in [3.63, 3.8) is 0 Å². The van der Waals surface area contributed by atoms with Crippen LogP contribution in [0.25, 0.3) is 0 Å². The van der Waals surface area contributed by atoms with Gasteiger partial charge in [0.2, 0.25) is 0 Å². The Morgan fingerprint density at radius 1 is 1.35 bits per heavy atom. The molecule has 2 atom stereocenters. The van der Waals surface area contributed by atoms with E-state index in [1.165, 1.54) is 7.11 Å². The van der Waals surface area contributed by atoms with Crippen molar-refractivity contribution in [1.82, 2.24) is 9.47 Å².